The van der Waals surface area contributed by atoms with Gasteiger partial charge >= 0.3 is 0 Å². The predicted molar refractivity (Wildman–Crippen MR) is 83.3 cm³/mol. The Kier molecular flexibility index (Phi) is 4.15. The van der Waals surface area contributed by atoms with Crippen LogP contribution in [-0.2, 0) is 15.9 Å². The molecule has 2 aliphatic rings. The minimum absolute atomic E-state index is 0.209. The lowest BCUT2D eigenvalue weighted by Gasteiger charge is -2.22. The molecule has 0 aromatic heterocycles. The average molecular weight is 379 g/mol. The van der Waals surface area contributed by atoms with Gasteiger partial charge in [0.05, 0.1) is 4.90 Å². The summed E-state index contributed by atoms with van der Waals surface area (Å²) in [5.41, 5.74) is 0.914. The van der Waals surface area contributed by atoms with Crippen molar-refractivity contribution in [1.29, 1.82) is 0 Å². The Morgan fingerprint density at radius 2 is 1.95 bits per heavy atom. The van der Waals surface area contributed by atoms with E-state index in [0.717, 1.165) is 31.2 Å². The van der Waals surface area contributed by atoms with Crippen molar-refractivity contribution in [2.24, 2.45) is 5.92 Å². The maximum atomic E-state index is 12.9. The van der Waals surface area contributed by atoms with Crippen LogP contribution in [0.3, 0.4) is 0 Å². The molecule has 0 spiro atoms. The summed E-state index contributed by atoms with van der Waals surface area (Å²) in [6.07, 6.45) is 4.29. The first-order valence-corrected chi connectivity index (χ1v) is 9.65. The second-order valence-electron chi connectivity index (χ2n) is 5.65. The zero-order valence-electron chi connectivity index (χ0n) is 11.1. The summed E-state index contributed by atoms with van der Waals surface area (Å²) in [4.78, 5) is 0.360. The van der Waals surface area contributed by atoms with Crippen molar-refractivity contribution in [1.82, 2.24) is 4.31 Å². The molecule has 2 saturated carbocycles. The van der Waals surface area contributed by atoms with Crippen LogP contribution in [0.2, 0.25) is 0 Å². The van der Waals surface area contributed by atoms with Crippen molar-refractivity contribution < 1.29 is 8.42 Å². The Morgan fingerprint density at radius 3 is 2.45 bits per heavy atom. The first-order chi connectivity index (χ1) is 9.52. The van der Waals surface area contributed by atoms with Gasteiger partial charge in [-0.2, -0.15) is 4.31 Å². The number of alkyl halides is 1. The van der Waals surface area contributed by atoms with Gasteiger partial charge in [0.25, 0.3) is 0 Å². The number of benzene rings is 1. The third-order valence-corrected chi connectivity index (χ3v) is 7.03. The number of hydrogen-bond acceptors (Lipinski definition) is 2. The maximum Gasteiger partial charge on any atom is 0.244 e. The first-order valence-electron chi connectivity index (χ1n) is 6.88. The zero-order valence-corrected chi connectivity index (χ0v) is 14.2. The van der Waals surface area contributed by atoms with Gasteiger partial charge in [0, 0.05) is 22.9 Å². The summed E-state index contributed by atoms with van der Waals surface area (Å²) in [6.45, 7) is 0.677. The predicted octanol–water partition coefficient (Wildman–Crippen LogP) is 3.75. The van der Waals surface area contributed by atoms with Gasteiger partial charge in [-0.15, -0.1) is 11.6 Å². The lowest BCUT2D eigenvalue weighted by Crippen LogP contribution is -2.35. The summed E-state index contributed by atoms with van der Waals surface area (Å²) >= 11 is 9.16. The molecule has 0 bridgehead atoms. The van der Waals surface area contributed by atoms with Crippen LogP contribution in [0, 0.1) is 5.92 Å². The van der Waals surface area contributed by atoms with Gasteiger partial charge in [-0.3, -0.25) is 0 Å². The molecule has 0 unspecified atom stereocenters. The van der Waals surface area contributed by atoms with E-state index in [-0.39, 0.29) is 6.04 Å². The molecule has 1 aromatic rings. The third-order valence-electron chi connectivity index (χ3n) is 3.83. The zero-order chi connectivity index (χ0) is 14.3. The highest BCUT2D eigenvalue weighted by atomic mass is 79.9. The van der Waals surface area contributed by atoms with E-state index < -0.39 is 10.0 Å². The monoisotopic (exact) mass is 377 g/mol. The standard InChI is InChI=1S/C14H17BrClNO2S/c15-13-7-11(8-16)3-6-14(13)20(18,19)17(12-4-5-12)9-10-1-2-10/h3,6-7,10,12H,1-2,4-5,8-9H2. The highest BCUT2D eigenvalue weighted by Gasteiger charge is 2.41. The molecule has 0 aliphatic heterocycles. The van der Waals surface area contributed by atoms with Crippen LogP contribution in [0.5, 0.6) is 0 Å². The van der Waals surface area contributed by atoms with E-state index in [1.165, 1.54) is 0 Å². The quantitative estimate of drug-likeness (QED) is 0.707. The fraction of sp³-hybridized carbons (Fsp3) is 0.571. The Balaban J connectivity index is 1.92. The fourth-order valence-corrected chi connectivity index (χ4v) is 5.34. The molecule has 3 rings (SSSR count). The lowest BCUT2D eigenvalue weighted by molar-refractivity contribution is 0.388. The molecule has 0 saturated heterocycles. The molecule has 0 N–H and O–H groups in total. The van der Waals surface area contributed by atoms with E-state index >= 15 is 0 Å². The fourth-order valence-electron chi connectivity index (χ4n) is 2.32. The van der Waals surface area contributed by atoms with Gasteiger partial charge in [-0.05, 0) is 65.2 Å². The van der Waals surface area contributed by atoms with Crippen LogP contribution >= 0.6 is 27.5 Å². The third kappa shape index (κ3) is 3.06. The number of hydrogen-bond donors (Lipinski definition) is 0. The highest BCUT2D eigenvalue weighted by molar-refractivity contribution is 9.10. The summed E-state index contributed by atoms with van der Waals surface area (Å²) in [7, 11) is -3.41. The molecule has 0 radical (unpaired) electrons. The van der Waals surface area contributed by atoms with Gasteiger partial charge in [-0.1, -0.05) is 6.07 Å². The van der Waals surface area contributed by atoms with Gasteiger partial charge in [0.15, 0.2) is 0 Å². The van der Waals surface area contributed by atoms with E-state index in [0.29, 0.717) is 27.7 Å². The minimum Gasteiger partial charge on any atom is -0.207 e. The van der Waals surface area contributed by atoms with Crippen molar-refractivity contribution in [3.05, 3.63) is 28.2 Å². The summed E-state index contributed by atoms with van der Waals surface area (Å²) in [6, 6.07) is 5.45. The molecule has 110 valence electrons. The Labute approximate surface area is 133 Å². The molecule has 3 nitrogen and oxygen atoms in total. The van der Waals surface area contributed by atoms with Gasteiger partial charge in [-0.25, -0.2) is 8.42 Å². The molecule has 20 heavy (non-hydrogen) atoms. The summed E-state index contributed by atoms with van der Waals surface area (Å²) in [5.74, 6) is 0.944. The summed E-state index contributed by atoms with van der Waals surface area (Å²) in [5, 5.41) is 0. The van der Waals surface area contributed by atoms with Crippen molar-refractivity contribution in [2.45, 2.75) is 42.5 Å². The van der Waals surface area contributed by atoms with Crippen LogP contribution < -0.4 is 0 Å². The molecule has 1 aromatic carbocycles. The van der Waals surface area contributed by atoms with Crippen molar-refractivity contribution in [2.75, 3.05) is 6.54 Å². The van der Waals surface area contributed by atoms with Gasteiger partial charge < -0.3 is 0 Å². The smallest absolute Gasteiger partial charge is 0.207 e. The van der Waals surface area contributed by atoms with Crippen LogP contribution in [-0.4, -0.2) is 25.3 Å². The number of nitrogens with zero attached hydrogens (tertiary/aromatic N) is 1. The molecule has 2 fully saturated rings. The van der Waals surface area contributed by atoms with Crippen LogP contribution in [0.4, 0.5) is 0 Å². The first kappa shape index (κ1) is 14.8. The molecule has 0 amide bonds. The second kappa shape index (κ2) is 5.59. The molecule has 0 heterocycles. The average Bonchev–Trinajstić information content (AvgIpc) is 3.27. The number of sulfonamides is 1. The number of halogens is 2. The van der Waals surface area contributed by atoms with Crippen molar-refractivity contribution in [3.8, 4) is 0 Å². The van der Waals surface area contributed by atoms with Crippen LogP contribution in [0.1, 0.15) is 31.2 Å². The van der Waals surface area contributed by atoms with Crippen molar-refractivity contribution in [3.63, 3.8) is 0 Å². The largest absolute Gasteiger partial charge is 0.244 e. The topological polar surface area (TPSA) is 37.4 Å². The van der Waals surface area contributed by atoms with Crippen LogP contribution in [0.15, 0.2) is 27.6 Å². The van der Waals surface area contributed by atoms with Gasteiger partial charge in [0.1, 0.15) is 0 Å². The Morgan fingerprint density at radius 1 is 1.25 bits per heavy atom. The summed E-state index contributed by atoms with van der Waals surface area (Å²) < 4.78 is 28.0. The number of rotatable bonds is 6. The molecular weight excluding hydrogens is 362 g/mol. The van der Waals surface area contributed by atoms with E-state index in [2.05, 4.69) is 15.9 Å². The normalized spacial score (nSPS) is 19.6. The molecule has 6 heteroatoms. The Hall–Kier alpha value is -0.100. The van der Waals surface area contributed by atoms with Crippen molar-refractivity contribution >= 4 is 37.6 Å². The SMILES string of the molecule is O=S(=O)(c1ccc(CCl)cc1Br)N(CC1CC1)C1CC1. The van der Waals surface area contributed by atoms with Crippen LogP contribution in [0.25, 0.3) is 0 Å². The van der Waals surface area contributed by atoms with E-state index in [1.807, 2.05) is 0 Å². The Bertz CT molecular complexity index is 612. The second-order valence-corrected chi connectivity index (χ2v) is 8.63. The van der Waals surface area contributed by atoms with Gasteiger partial charge in [0.2, 0.25) is 10.0 Å². The highest BCUT2D eigenvalue weighted by Crippen LogP contribution is 2.39. The van der Waals surface area contributed by atoms with E-state index in [1.54, 1.807) is 22.5 Å². The molecular formula is C14H17BrClNO2S. The lowest BCUT2D eigenvalue weighted by atomic mass is 10.2. The minimum atomic E-state index is -3.41. The maximum absolute atomic E-state index is 12.9. The van der Waals surface area contributed by atoms with E-state index in [4.69, 9.17) is 11.6 Å². The molecule has 0 atom stereocenters. The molecule has 2 aliphatic carbocycles. The van der Waals surface area contributed by atoms with E-state index in [9.17, 15) is 8.42 Å².